The van der Waals surface area contributed by atoms with Crippen molar-refractivity contribution < 1.29 is 4.74 Å². The minimum Gasteiger partial charge on any atom is -0.457 e. The summed E-state index contributed by atoms with van der Waals surface area (Å²) in [5, 5.41) is 3.42. The van der Waals surface area contributed by atoms with E-state index in [1.165, 1.54) is 0 Å². The molecule has 0 aliphatic rings. The average Bonchev–Trinajstić information content (AvgIpc) is 2.45. The predicted octanol–water partition coefficient (Wildman–Crippen LogP) is 3.84. The van der Waals surface area contributed by atoms with Gasteiger partial charge in [0.15, 0.2) is 0 Å². The summed E-state index contributed by atoms with van der Waals surface area (Å²) >= 11 is 0. The smallest absolute Gasteiger partial charge is 0.129 e. The predicted molar refractivity (Wildman–Crippen MR) is 84.6 cm³/mol. The minimum atomic E-state index is 0.855. The number of rotatable bonds is 7. The Hall–Kier alpha value is -2.00. The molecule has 2 rings (SSSR count). The zero-order chi connectivity index (χ0) is 14.2. The summed E-state index contributed by atoms with van der Waals surface area (Å²) in [5.74, 6) is 1.71. The Morgan fingerprint density at radius 3 is 2.45 bits per heavy atom. The highest BCUT2D eigenvalue weighted by atomic mass is 16.5. The molecule has 3 nitrogen and oxygen atoms in total. The Kier molecular flexibility index (Phi) is 5.44. The molecule has 0 spiro atoms. The standard InChI is InChI=1S/C17H22N2O/c1-19(2)13-7-12-18-15-8-6-11-17(14-15)20-16-9-4-3-5-10-16/h3-6,8-11,14,18H,7,12-13H2,1-2H3. The first-order chi connectivity index (χ1) is 9.74. The second-order valence-electron chi connectivity index (χ2n) is 5.03. The number of benzene rings is 2. The summed E-state index contributed by atoms with van der Waals surface area (Å²) in [6.45, 7) is 2.06. The van der Waals surface area contributed by atoms with Gasteiger partial charge in [-0.2, -0.15) is 0 Å². The van der Waals surface area contributed by atoms with Gasteiger partial charge in [-0.05, 0) is 51.3 Å². The minimum absolute atomic E-state index is 0.855. The Morgan fingerprint density at radius 2 is 1.70 bits per heavy atom. The molecule has 2 aromatic carbocycles. The van der Waals surface area contributed by atoms with E-state index in [-0.39, 0.29) is 0 Å². The van der Waals surface area contributed by atoms with Crippen LogP contribution in [0.3, 0.4) is 0 Å². The highest BCUT2D eigenvalue weighted by molar-refractivity contribution is 5.49. The fourth-order valence-corrected chi connectivity index (χ4v) is 1.92. The van der Waals surface area contributed by atoms with Crippen LogP contribution in [0.2, 0.25) is 0 Å². The van der Waals surface area contributed by atoms with Crippen molar-refractivity contribution in [3.05, 3.63) is 54.6 Å². The van der Waals surface area contributed by atoms with Crippen LogP contribution in [-0.4, -0.2) is 32.1 Å². The number of hydrogen-bond donors (Lipinski definition) is 1. The molecule has 0 saturated heterocycles. The summed E-state index contributed by atoms with van der Waals surface area (Å²) in [5.41, 5.74) is 1.09. The highest BCUT2D eigenvalue weighted by Gasteiger charge is 1.98. The maximum Gasteiger partial charge on any atom is 0.129 e. The Balaban J connectivity index is 1.88. The van der Waals surface area contributed by atoms with Gasteiger partial charge in [-0.25, -0.2) is 0 Å². The molecule has 3 heteroatoms. The van der Waals surface area contributed by atoms with Crippen molar-refractivity contribution in [2.75, 3.05) is 32.5 Å². The highest BCUT2D eigenvalue weighted by Crippen LogP contribution is 2.23. The van der Waals surface area contributed by atoms with Crippen molar-refractivity contribution in [3.63, 3.8) is 0 Å². The Morgan fingerprint density at radius 1 is 0.950 bits per heavy atom. The van der Waals surface area contributed by atoms with E-state index in [4.69, 9.17) is 4.74 Å². The molecule has 0 aliphatic heterocycles. The molecule has 0 unspecified atom stereocenters. The lowest BCUT2D eigenvalue weighted by Crippen LogP contribution is -2.16. The summed E-state index contributed by atoms with van der Waals surface area (Å²) in [7, 11) is 4.18. The number of anilines is 1. The molecular formula is C17H22N2O. The molecule has 0 aliphatic carbocycles. The molecule has 0 saturated carbocycles. The molecule has 20 heavy (non-hydrogen) atoms. The first kappa shape index (κ1) is 14.4. The lowest BCUT2D eigenvalue weighted by Gasteiger charge is -2.11. The molecule has 0 heterocycles. The summed E-state index contributed by atoms with van der Waals surface area (Å²) in [4.78, 5) is 2.19. The number of nitrogens with zero attached hydrogens (tertiary/aromatic N) is 1. The molecule has 0 atom stereocenters. The van der Waals surface area contributed by atoms with Crippen LogP contribution < -0.4 is 10.1 Å². The number of hydrogen-bond acceptors (Lipinski definition) is 3. The zero-order valence-corrected chi connectivity index (χ0v) is 12.2. The van der Waals surface area contributed by atoms with Gasteiger partial charge in [0, 0.05) is 18.3 Å². The van der Waals surface area contributed by atoms with Gasteiger partial charge in [-0.15, -0.1) is 0 Å². The lowest BCUT2D eigenvalue weighted by molar-refractivity contribution is 0.405. The quantitative estimate of drug-likeness (QED) is 0.774. The van der Waals surface area contributed by atoms with Gasteiger partial charge in [0.2, 0.25) is 0 Å². The van der Waals surface area contributed by atoms with Gasteiger partial charge in [0.05, 0.1) is 0 Å². The second kappa shape index (κ2) is 7.56. The van der Waals surface area contributed by atoms with Gasteiger partial charge < -0.3 is 15.0 Å². The first-order valence-corrected chi connectivity index (χ1v) is 6.95. The average molecular weight is 270 g/mol. The fourth-order valence-electron chi connectivity index (χ4n) is 1.92. The summed E-state index contributed by atoms with van der Waals surface area (Å²) in [6.07, 6.45) is 1.12. The molecule has 0 bridgehead atoms. The third-order valence-electron chi connectivity index (χ3n) is 2.92. The van der Waals surface area contributed by atoms with Crippen LogP contribution in [0.4, 0.5) is 5.69 Å². The van der Waals surface area contributed by atoms with E-state index < -0.39 is 0 Å². The van der Waals surface area contributed by atoms with E-state index >= 15 is 0 Å². The van der Waals surface area contributed by atoms with E-state index in [2.05, 4.69) is 30.4 Å². The molecule has 0 amide bonds. The Bertz CT molecular complexity index is 511. The van der Waals surface area contributed by atoms with Gasteiger partial charge in [0.25, 0.3) is 0 Å². The summed E-state index contributed by atoms with van der Waals surface area (Å²) < 4.78 is 5.82. The number of para-hydroxylation sites is 1. The van der Waals surface area contributed by atoms with Crippen molar-refractivity contribution in [3.8, 4) is 11.5 Å². The summed E-state index contributed by atoms with van der Waals surface area (Å²) in [6, 6.07) is 17.9. The van der Waals surface area contributed by atoms with Crippen LogP contribution in [0, 0.1) is 0 Å². The van der Waals surface area contributed by atoms with E-state index in [0.717, 1.165) is 36.7 Å². The van der Waals surface area contributed by atoms with E-state index in [1.54, 1.807) is 0 Å². The number of nitrogens with one attached hydrogen (secondary N) is 1. The second-order valence-corrected chi connectivity index (χ2v) is 5.03. The van der Waals surface area contributed by atoms with Gasteiger partial charge in [-0.1, -0.05) is 24.3 Å². The van der Waals surface area contributed by atoms with E-state index in [9.17, 15) is 0 Å². The monoisotopic (exact) mass is 270 g/mol. The van der Waals surface area contributed by atoms with Crippen LogP contribution >= 0.6 is 0 Å². The normalized spacial score (nSPS) is 10.6. The lowest BCUT2D eigenvalue weighted by atomic mass is 10.3. The zero-order valence-electron chi connectivity index (χ0n) is 12.2. The van der Waals surface area contributed by atoms with E-state index in [1.807, 2.05) is 48.5 Å². The van der Waals surface area contributed by atoms with Crippen LogP contribution in [0.5, 0.6) is 11.5 Å². The van der Waals surface area contributed by atoms with E-state index in [0.29, 0.717) is 0 Å². The third-order valence-corrected chi connectivity index (χ3v) is 2.92. The van der Waals surface area contributed by atoms with Crippen LogP contribution in [0.15, 0.2) is 54.6 Å². The molecule has 0 aromatic heterocycles. The molecule has 106 valence electrons. The Labute approximate surface area is 121 Å². The number of ether oxygens (including phenoxy) is 1. The van der Waals surface area contributed by atoms with Crippen molar-refractivity contribution in [1.82, 2.24) is 4.90 Å². The molecule has 2 aromatic rings. The third kappa shape index (κ3) is 4.94. The van der Waals surface area contributed by atoms with Crippen LogP contribution in [0.25, 0.3) is 0 Å². The SMILES string of the molecule is CN(C)CCCNc1cccc(Oc2ccccc2)c1. The topological polar surface area (TPSA) is 24.5 Å². The maximum atomic E-state index is 5.82. The maximum absolute atomic E-state index is 5.82. The van der Waals surface area contributed by atoms with Gasteiger partial charge in [0.1, 0.15) is 11.5 Å². The van der Waals surface area contributed by atoms with Gasteiger partial charge in [-0.3, -0.25) is 0 Å². The molecular weight excluding hydrogens is 248 g/mol. The molecule has 0 fully saturated rings. The van der Waals surface area contributed by atoms with Crippen molar-refractivity contribution in [2.45, 2.75) is 6.42 Å². The van der Waals surface area contributed by atoms with Crippen molar-refractivity contribution in [2.24, 2.45) is 0 Å². The first-order valence-electron chi connectivity index (χ1n) is 6.95. The van der Waals surface area contributed by atoms with Crippen LogP contribution in [0.1, 0.15) is 6.42 Å². The molecule has 0 radical (unpaired) electrons. The largest absolute Gasteiger partial charge is 0.457 e. The van der Waals surface area contributed by atoms with Crippen molar-refractivity contribution in [1.29, 1.82) is 0 Å². The van der Waals surface area contributed by atoms with Gasteiger partial charge >= 0.3 is 0 Å². The fraction of sp³-hybridized carbons (Fsp3) is 0.294. The van der Waals surface area contributed by atoms with Crippen molar-refractivity contribution >= 4 is 5.69 Å². The van der Waals surface area contributed by atoms with Crippen LogP contribution in [-0.2, 0) is 0 Å². The molecule has 1 N–H and O–H groups in total.